The number of phenols is 2. The van der Waals surface area contributed by atoms with Crippen molar-refractivity contribution in [2.75, 3.05) is 0 Å². The molecule has 162 valence electrons. The molecule has 2 aromatic carbocycles. The van der Waals surface area contributed by atoms with Gasteiger partial charge in [-0.25, -0.2) is 0 Å². The van der Waals surface area contributed by atoms with Crippen molar-refractivity contribution in [1.82, 2.24) is 4.90 Å². The molecule has 1 aliphatic rings. The van der Waals surface area contributed by atoms with Crippen LogP contribution in [0.4, 0.5) is 0 Å². The van der Waals surface area contributed by atoms with Gasteiger partial charge in [-0.15, -0.1) is 5.10 Å². The van der Waals surface area contributed by atoms with Gasteiger partial charge in [-0.3, -0.25) is 9.69 Å². The highest BCUT2D eigenvalue weighted by molar-refractivity contribution is 9.10. The number of benzene rings is 2. The number of hydrogen-bond acceptors (Lipinski definition) is 7. The van der Waals surface area contributed by atoms with Crippen molar-refractivity contribution in [3.8, 4) is 11.5 Å². The molecule has 1 aromatic heterocycles. The summed E-state index contributed by atoms with van der Waals surface area (Å²) in [7, 11) is 0. The minimum Gasteiger partial charge on any atom is -0.507 e. The molecule has 2 heterocycles. The number of phenolic OH excluding ortho intramolecular Hbond substituents is 2. The molecule has 0 spiro atoms. The van der Waals surface area contributed by atoms with E-state index in [4.69, 9.17) is 16.0 Å². The van der Waals surface area contributed by atoms with Crippen LogP contribution in [0.25, 0.3) is 6.08 Å². The van der Waals surface area contributed by atoms with E-state index in [1.807, 2.05) is 0 Å². The van der Waals surface area contributed by atoms with E-state index in [0.29, 0.717) is 32.0 Å². The first-order chi connectivity index (χ1) is 15.4. The van der Waals surface area contributed by atoms with Gasteiger partial charge in [-0.05, 0) is 66.4 Å². The highest BCUT2D eigenvalue weighted by Crippen LogP contribution is 2.35. The first-order valence-corrected chi connectivity index (χ1v) is 11.2. The zero-order valence-electron chi connectivity index (χ0n) is 16.3. The van der Waals surface area contributed by atoms with Crippen LogP contribution in [0.15, 0.2) is 78.8 Å². The molecule has 0 saturated carbocycles. The molecule has 1 aliphatic heterocycles. The second-order valence-electron chi connectivity index (χ2n) is 6.61. The number of carbonyl (C=O) groups is 1. The van der Waals surface area contributed by atoms with Crippen LogP contribution in [0, 0.1) is 0 Å². The lowest BCUT2D eigenvalue weighted by molar-refractivity contribution is -0.122. The van der Waals surface area contributed by atoms with Crippen molar-refractivity contribution >= 4 is 62.7 Å². The molecule has 0 aliphatic carbocycles. The van der Waals surface area contributed by atoms with Crippen molar-refractivity contribution in [3.63, 3.8) is 0 Å². The third-order valence-corrected chi connectivity index (χ3v) is 6.11. The smallest absolute Gasteiger partial charge is 0.267 e. The molecule has 0 bridgehead atoms. The Kier molecular flexibility index (Phi) is 6.69. The lowest BCUT2D eigenvalue weighted by Gasteiger charge is -2.12. The fraction of sp³-hybridized carbons (Fsp3) is 0.0455. The second-order valence-corrected chi connectivity index (χ2v) is 8.98. The number of halogens is 2. The molecular weight excluding hydrogens is 518 g/mol. The maximum absolute atomic E-state index is 13.1. The van der Waals surface area contributed by atoms with Crippen LogP contribution in [-0.4, -0.2) is 32.4 Å². The molecule has 7 nitrogen and oxygen atoms in total. The molecule has 32 heavy (non-hydrogen) atoms. The summed E-state index contributed by atoms with van der Waals surface area (Å²) in [5.74, 6) is 0.332. The summed E-state index contributed by atoms with van der Waals surface area (Å²) in [5.41, 5.74) is 0.880. The summed E-state index contributed by atoms with van der Waals surface area (Å²) in [5, 5.41) is 29.0. The number of amidine groups is 1. The third-order valence-electron chi connectivity index (χ3n) is 4.39. The van der Waals surface area contributed by atoms with E-state index < -0.39 is 0 Å². The van der Waals surface area contributed by atoms with Crippen molar-refractivity contribution in [3.05, 3.63) is 86.1 Å². The Hall–Kier alpha value is -3.01. The van der Waals surface area contributed by atoms with Gasteiger partial charge in [-0.2, -0.15) is 5.10 Å². The zero-order chi connectivity index (χ0) is 22.7. The topological polar surface area (TPSA) is 98.6 Å². The Morgan fingerprint density at radius 1 is 1.12 bits per heavy atom. The van der Waals surface area contributed by atoms with Gasteiger partial charge in [0.2, 0.25) is 0 Å². The van der Waals surface area contributed by atoms with Crippen molar-refractivity contribution in [2.24, 2.45) is 10.2 Å². The number of hydrogen-bond donors (Lipinski definition) is 2. The number of thioether (sulfide) groups is 1. The molecule has 2 N–H and O–H groups in total. The van der Waals surface area contributed by atoms with Gasteiger partial charge in [0.05, 0.1) is 23.9 Å². The molecule has 0 atom stereocenters. The van der Waals surface area contributed by atoms with Gasteiger partial charge in [0.1, 0.15) is 17.3 Å². The van der Waals surface area contributed by atoms with Crippen molar-refractivity contribution in [1.29, 1.82) is 0 Å². The Morgan fingerprint density at radius 2 is 1.91 bits per heavy atom. The van der Waals surface area contributed by atoms with E-state index in [9.17, 15) is 15.0 Å². The van der Waals surface area contributed by atoms with Crippen LogP contribution in [0.2, 0.25) is 5.02 Å². The van der Waals surface area contributed by atoms with Crippen LogP contribution >= 0.6 is 39.3 Å². The molecule has 4 rings (SSSR count). The van der Waals surface area contributed by atoms with Crippen LogP contribution in [0.5, 0.6) is 11.5 Å². The number of nitrogens with zero attached hydrogens (tertiary/aromatic N) is 3. The molecule has 10 heteroatoms. The summed E-state index contributed by atoms with van der Waals surface area (Å²) in [4.78, 5) is 14.9. The quantitative estimate of drug-likeness (QED) is 0.253. The Morgan fingerprint density at radius 3 is 2.69 bits per heavy atom. The van der Waals surface area contributed by atoms with E-state index in [1.54, 1.807) is 42.5 Å². The maximum atomic E-state index is 13.1. The largest absolute Gasteiger partial charge is 0.507 e. The first kappa shape index (κ1) is 22.2. The van der Waals surface area contributed by atoms with E-state index in [-0.39, 0.29) is 24.0 Å². The lowest BCUT2D eigenvalue weighted by atomic mass is 10.2. The van der Waals surface area contributed by atoms with Gasteiger partial charge < -0.3 is 14.6 Å². The Balaban J connectivity index is 1.66. The average Bonchev–Trinajstić information content (AvgIpc) is 3.37. The van der Waals surface area contributed by atoms with Gasteiger partial charge >= 0.3 is 0 Å². The van der Waals surface area contributed by atoms with Crippen molar-refractivity contribution < 1.29 is 19.4 Å². The second kappa shape index (κ2) is 9.64. The average molecular weight is 533 g/mol. The predicted molar refractivity (Wildman–Crippen MR) is 129 cm³/mol. The van der Waals surface area contributed by atoms with Crippen LogP contribution in [-0.2, 0) is 11.3 Å². The number of carbonyl (C=O) groups excluding carboxylic acids is 1. The number of amides is 1. The summed E-state index contributed by atoms with van der Waals surface area (Å²) < 4.78 is 6.14. The summed E-state index contributed by atoms with van der Waals surface area (Å²) in [6, 6.07) is 13.0. The van der Waals surface area contributed by atoms with Gasteiger partial charge in [0.15, 0.2) is 5.17 Å². The summed E-state index contributed by atoms with van der Waals surface area (Å²) >= 11 is 10.4. The van der Waals surface area contributed by atoms with Crippen LogP contribution in [0.3, 0.4) is 0 Å². The summed E-state index contributed by atoms with van der Waals surface area (Å²) in [6.07, 6.45) is 4.47. The molecule has 1 fully saturated rings. The fourth-order valence-electron chi connectivity index (χ4n) is 2.83. The SMILES string of the molecule is O=C1/C(=C/c2cc(Br)ccc2O)S/C(=N/N=C\c2cc(Cl)ccc2O)N1Cc1ccco1. The van der Waals surface area contributed by atoms with Gasteiger partial charge in [0, 0.05) is 20.6 Å². The van der Waals surface area contributed by atoms with Crippen LogP contribution < -0.4 is 0 Å². The standard InChI is InChI=1S/C22H15BrClN3O4S/c23-15-3-5-18(28)13(8-15)10-20-21(30)27(12-17-2-1-7-31-17)22(32-20)26-25-11-14-9-16(24)4-6-19(14)29/h1-11,28-29H,12H2/b20-10-,25-11-,26-22+. The number of rotatable bonds is 5. The van der Waals surface area contributed by atoms with Crippen LogP contribution in [0.1, 0.15) is 16.9 Å². The highest BCUT2D eigenvalue weighted by Gasteiger charge is 2.34. The summed E-state index contributed by atoms with van der Waals surface area (Å²) in [6.45, 7) is 0.164. The Labute approximate surface area is 200 Å². The lowest BCUT2D eigenvalue weighted by Crippen LogP contribution is -2.28. The number of aromatic hydroxyl groups is 2. The monoisotopic (exact) mass is 531 g/mol. The minimum atomic E-state index is -0.301. The fourth-order valence-corrected chi connectivity index (χ4v) is 4.32. The highest BCUT2D eigenvalue weighted by atomic mass is 79.9. The number of furan rings is 1. The predicted octanol–water partition coefficient (Wildman–Crippen LogP) is 5.61. The molecular formula is C22H15BrClN3O4S. The first-order valence-electron chi connectivity index (χ1n) is 9.22. The molecule has 1 saturated heterocycles. The van der Waals surface area contributed by atoms with Gasteiger partial charge in [-0.1, -0.05) is 27.5 Å². The molecule has 0 radical (unpaired) electrons. The van der Waals surface area contributed by atoms with E-state index in [2.05, 4.69) is 26.1 Å². The zero-order valence-corrected chi connectivity index (χ0v) is 19.4. The van der Waals surface area contributed by atoms with Crippen molar-refractivity contribution in [2.45, 2.75) is 6.54 Å². The molecule has 1 amide bonds. The minimum absolute atomic E-state index is 0.00616. The molecule has 0 unspecified atom stereocenters. The van der Waals surface area contributed by atoms with Gasteiger partial charge in [0.25, 0.3) is 5.91 Å². The normalized spacial score (nSPS) is 16.7. The van der Waals surface area contributed by atoms with E-state index in [1.165, 1.54) is 29.5 Å². The third kappa shape index (κ3) is 5.07. The maximum Gasteiger partial charge on any atom is 0.267 e. The van der Waals surface area contributed by atoms with E-state index in [0.717, 1.165) is 16.2 Å². The van der Waals surface area contributed by atoms with E-state index >= 15 is 0 Å². The molecule has 3 aromatic rings. The Bertz CT molecular complexity index is 1260.